The SMILES string of the molecule is COc1ccc([C@@H](C)CN[C@@H](C)c2ccccc2)cc1OC. The zero-order chi connectivity index (χ0) is 15.9. The van der Waals surface area contributed by atoms with Gasteiger partial charge in [-0.1, -0.05) is 43.3 Å². The van der Waals surface area contributed by atoms with Gasteiger partial charge in [-0.15, -0.1) is 0 Å². The first kappa shape index (κ1) is 16.4. The van der Waals surface area contributed by atoms with Gasteiger partial charge < -0.3 is 14.8 Å². The van der Waals surface area contributed by atoms with E-state index in [1.54, 1.807) is 14.2 Å². The molecular weight excluding hydrogens is 274 g/mol. The Morgan fingerprint density at radius 2 is 1.55 bits per heavy atom. The fourth-order valence-electron chi connectivity index (χ4n) is 2.49. The Hall–Kier alpha value is -2.00. The maximum Gasteiger partial charge on any atom is 0.160 e. The second kappa shape index (κ2) is 7.85. The van der Waals surface area contributed by atoms with Crippen LogP contribution in [0.4, 0.5) is 0 Å². The second-order valence-electron chi connectivity index (χ2n) is 5.56. The van der Waals surface area contributed by atoms with Crippen LogP contribution in [0.3, 0.4) is 0 Å². The molecule has 0 heterocycles. The van der Waals surface area contributed by atoms with E-state index < -0.39 is 0 Å². The molecule has 2 atom stereocenters. The van der Waals surface area contributed by atoms with Gasteiger partial charge in [-0.05, 0) is 36.1 Å². The Labute approximate surface area is 133 Å². The van der Waals surface area contributed by atoms with Crippen molar-refractivity contribution in [1.29, 1.82) is 0 Å². The van der Waals surface area contributed by atoms with Crippen molar-refractivity contribution in [1.82, 2.24) is 5.32 Å². The molecule has 0 saturated carbocycles. The van der Waals surface area contributed by atoms with Crippen LogP contribution in [-0.4, -0.2) is 20.8 Å². The third kappa shape index (κ3) is 4.01. The Morgan fingerprint density at radius 1 is 0.864 bits per heavy atom. The predicted octanol–water partition coefficient (Wildman–Crippen LogP) is 4.16. The summed E-state index contributed by atoms with van der Waals surface area (Å²) in [7, 11) is 3.33. The van der Waals surface area contributed by atoms with E-state index in [2.05, 4.69) is 55.6 Å². The molecule has 0 unspecified atom stereocenters. The van der Waals surface area contributed by atoms with Gasteiger partial charge >= 0.3 is 0 Å². The van der Waals surface area contributed by atoms with Crippen LogP contribution in [-0.2, 0) is 0 Å². The predicted molar refractivity (Wildman–Crippen MR) is 90.8 cm³/mol. The van der Waals surface area contributed by atoms with E-state index in [1.165, 1.54) is 11.1 Å². The largest absolute Gasteiger partial charge is 0.493 e. The molecule has 2 rings (SSSR count). The van der Waals surface area contributed by atoms with Crippen LogP contribution < -0.4 is 14.8 Å². The zero-order valence-electron chi connectivity index (χ0n) is 13.8. The van der Waals surface area contributed by atoms with Crippen molar-refractivity contribution in [2.75, 3.05) is 20.8 Å². The summed E-state index contributed by atoms with van der Waals surface area (Å²) in [5.74, 6) is 1.94. The molecule has 0 aliphatic carbocycles. The van der Waals surface area contributed by atoms with Crippen LogP contribution >= 0.6 is 0 Å². The van der Waals surface area contributed by atoms with Crippen molar-refractivity contribution >= 4 is 0 Å². The second-order valence-corrected chi connectivity index (χ2v) is 5.56. The van der Waals surface area contributed by atoms with Gasteiger partial charge in [0.05, 0.1) is 14.2 Å². The molecule has 0 fully saturated rings. The van der Waals surface area contributed by atoms with Crippen LogP contribution in [0.1, 0.15) is 36.9 Å². The Bertz CT molecular complexity index is 583. The molecule has 0 saturated heterocycles. The number of ether oxygens (including phenoxy) is 2. The molecular formula is C19H25NO2. The lowest BCUT2D eigenvalue weighted by molar-refractivity contribution is 0.354. The maximum absolute atomic E-state index is 5.38. The van der Waals surface area contributed by atoms with Gasteiger partial charge in [0.15, 0.2) is 11.5 Å². The fourth-order valence-corrected chi connectivity index (χ4v) is 2.49. The lowest BCUT2D eigenvalue weighted by Gasteiger charge is -2.19. The minimum absolute atomic E-state index is 0.337. The van der Waals surface area contributed by atoms with Gasteiger partial charge in [0, 0.05) is 12.6 Å². The summed E-state index contributed by atoms with van der Waals surface area (Å²) in [5.41, 5.74) is 2.55. The first-order chi connectivity index (χ1) is 10.7. The van der Waals surface area contributed by atoms with Gasteiger partial charge in [0.25, 0.3) is 0 Å². The first-order valence-corrected chi connectivity index (χ1v) is 7.66. The van der Waals surface area contributed by atoms with Crippen LogP contribution in [0.25, 0.3) is 0 Å². The highest BCUT2D eigenvalue weighted by atomic mass is 16.5. The van der Waals surface area contributed by atoms with Gasteiger partial charge in [-0.3, -0.25) is 0 Å². The number of rotatable bonds is 7. The van der Waals surface area contributed by atoms with E-state index in [9.17, 15) is 0 Å². The van der Waals surface area contributed by atoms with Crippen LogP contribution in [0, 0.1) is 0 Å². The molecule has 0 spiro atoms. The molecule has 0 bridgehead atoms. The molecule has 0 aromatic heterocycles. The van der Waals surface area contributed by atoms with Gasteiger partial charge in [0.1, 0.15) is 0 Å². The molecule has 1 N–H and O–H groups in total. The zero-order valence-corrected chi connectivity index (χ0v) is 13.8. The molecule has 22 heavy (non-hydrogen) atoms. The quantitative estimate of drug-likeness (QED) is 0.833. The third-order valence-corrected chi connectivity index (χ3v) is 4.01. The highest BCUT2D eigenvalue weighted by Gasteiger charge is 2.12. The molecule has 0 aliphatic rings. The summed E-state index contributed by atoms with van der Waals surface area (Å²) >= 11 is 0. The van der Waals surface area contributed by atoms with E-state index in [-0.39, 0.29) is 0 Å². The van der Waals surface area contributed by atoms with E-state index in [0.717, 1.165) is 18.0 Å². The minimum Gasteiger partial charge on any atom is -0.493 e. The van der Waals surface area contributed by atoms with Gasteiger partial charge in [-0.2, -0.15) is 0 Å². The lowest BCUT2D eigenvalue weighted by atomic mass is 9.99. The smallest absolute Gasteiger partial charge is 0.160 e. The summed E-state index contributed by atoms with van der Waals surface area (Å²) in [6.45, 7) is 5.31. The Kier molecular flexibility index (Phi) is 5.84. The average molecular weight is 299 g/mol. The topological polar surface area (TPSA) is 30.5 Å². The number of methoxy groups -OCH3 is 2. The third-order valence-electron chi connectivity index (χ3n) is 4.01. The molecule has 3 heteroatoms. The molecule has 0 amide bonds. The van der Waals surface area contributed by atoms with E-state index in [0.29, 0.717) is 12.0 Å². The molecule has 0 aliphatic heterocycles. The van der Waals surface area contributed by atoms with Crippen LogP contribution in [0.2, 0.25) is 0 Å². The Balaban J connectivity index is 1.99. The maximum atomic E-state index is 5.38. The number of hydrogen-bond donors (Lipinski definition) is 1. The molecule has 0 radical (unpaired) electrons. The molecule has 2 aromatic rings. The highest BCUT2D eigenvalue weighted by molar-refractivity contribution is 5.43. The molecule has 118 valence electrons. The number of nitrogens with one attached hydrogen (secondary N) is 1. The summed E-state index contributed by atoms with van der Waals surface area (Å²) in [6.07, 6.45) is 0. The summed E-state index contributed by atoms with van der Waals surface area (Å²) < 4.78 is 10.7. The van der Waals surface area contributed by atoms with Crippen molar-refractivity contribution in [3.05, 3.63) is 59.7 Å². The van der Waals surface area contributed by atoms with E-state index in [4.69, 9.17) is 9.47 Å². The summed E-state index contributed by atoms with van der Waals surface area (Å²) in [5, 5.41) is 3.59. The highest BCUT2D eigenvalue weighted by Crippen LogP contribution is 2.30. The normalized spacial score (nSPS) is 13.5. The molecule has 2 aromatic carbocycles. The van der Waals surface area contributed by atoms with Crippen molar-refractivity contribution in [3.63, 3.8) is 0 Å². The van der Waals surface area contributed by atoms with Gasteiger partial charge in [0.2, 0.25) is 0 Å². The standard InChI is InChI=1S/C19H25NO2/c1-14(13-20-15(2)16-8-6-5-7-9-16)17-10-11-18(21-3)19(12-17)22-4/h5-12,14-15,20H,13H2,1-4H3/t14-,15-/m0/s1. The van der Waals surface area contributed by atoms with E-state index in [1.807, 2.05) is 12.1 Å². The molecule has 3 nitrogen and oxygen atoms in total. The van der Waals surface area contributed by atoms with E-state index >= 15 is 0 Å². The van der Waals surface area contributed by atoms with Crippen molar-refractivity contribution in [2.45, 2.75) is 25.8 Å². The average Bonchev–Trinajstić information content (AvgIpc) is 2.59. The Morgan fingerprint density at radius 3 is 2.18 bits per heavy atom. The van der Waals surface area contributed by atoms with Crippen LogP contribution in [0.5, 0.6) is 11.5 Å². The fraction of sp³-hybridized carbons (Fsp3) is 0.368. The summed E-state index contributed by atoms with van der Waals surface area (Å²) in [6, 6.07) is 16.9. The number of benzene rings is 2. The lowest BCUT2D eigenvalue weighted by Crippen LogP contribution is -2.23. The van der Waals surface area contributed by atoms with Crippen molar-refractivity contribution in [3.8, 4) is 11.5 Å². The first-order valence-electron chi connectivity index (χ1n) is 7.66. The monoisotopic (exact) mass is 299 g/mol. The van der Waals surface area contributed by atoms with Crippen LogP contribution in [0.15, 0.2) is 48.5 Å². The van der Waals surface area contributed by atoms with Gasteiger partial charge in [-0.25, -0.2) is 0 Å². The van der Waals surface area contributed by atoms with Crippen molar-refractivity contribution < 1.29 is 9.47 Å². The number of hydrogen-bond acceptors (Lipinski definition) is 3. The summed E-state index contributed by atoms with van der Waals surface area (Å²) in [4.78, 5) is 0. The van der Waals surface area contributed by atoms with Crippen molar-refractivity contribution in [2.24, 2.45) is 0 Å². The minimum atomic E-state index is 0.337.